The maximum absolute atomic E-state index is 5.16. The third kappa shape index (κ3) is 15.4. The van der Waals surface area contributed by atoms with E-state index in [1.807, 2.05) is 170 Å². The van der Waals surface area contributed by atoms with Crippen molar-refractivity contribution in [2.45, 2.75) is 0 Å². The molecule has 30 aromatic rings. The molecule has 16 heteroatoms. The highest BCUT2D eigenvalue weighted by atomic mass is 15.2. The molecule has 30 rings (SSSR count). The molecule has 12 heterocycles. The summed E-state index contributed by atoms with van der Waals surface area (Å²) < 4.78 is 13.5. The predicted octanol–water partition coefficient (Wildman–Crippen LogP) is 32.6. The Bertz CT molecular complexity index is 9330. The van der Waals surface area contributed by atoms with E-state index in [1.54, 1.807) is 0 Å². The Morgan fingerprint density at radius 3 is 0.700 bits per heavy atom. The van der Waals surface area contributed by atoms with Crippen molar-refractivity contribution in [1.82, 2.24) is 77.2 Å². The van der Waals surface area contributed by atoms with Gasteiger partial charge < -0.3 is 13.7 Å². The summed E-state index contributed by atoms with van der Waals surface area (Å²) in [5.41, 5.74) is 34.7. The molecule has 0 atom stereocenters. The zero-order valence-corrected chi connectivity index (χ0v) is 80.8. The van der Waals surface area contributed by atoms with Gasteiger partial charge >= 0.3 is 0 Å². The average molecular weight is 1920 g/mol. The zero-order valence-electron chi connectivity index (χ0n) is 80.8. The molecule has 0 unspecified atom stereocenters. The van der Waals surface area contributed by atoms with Gasteiger partial charge in [0.2, 0.25) is 11.9 Å². The lowest BCUT2D eigenvalue weighted by atomic mass is 10.0. The lowest BCUT2D eigenvalue weighted by Crippen LogP contribution is -2.06. The second-order valence-corrected chi connectivity index (χ2v) is 37.4. The summed E-state index contributed by atoms with van der Waals surface area (Å²) in [6.07, 6.45) is 5.58. The fourth-order valence-electron chi connectivity index (χ4n) is 21.7. The second-order valence-electron chi connectivity index (χ2n) is 37.4. The first-order chi connectivity index (χ1) is 74.4. The number of aromatic nitrogens is 16. The molecule has 18 aromatic carbocycles. The first-order valence-electron chi connectivity index (χ1n) is 50.2. The van der Waals surface area contributed by atoms with Crippen molar-refractivity contribution in [3.63, 3.8) is 0 Å². The van der Waals surface area contributed by atoms with Crippen molar-refractivity contribution in [3.8, 4) is 136 Å². The molecular weight excluding hydrogens is 1830 g/mol. The third-order valence-electron chi connectivity index (χ3n) is 28.6. The molecule has 0 bridgehead atoms. The lowest BCUT2D eigenvalue weighted by molar-refractivity contribution is 0.953. The standard InChI is InChI=1S/2C45H29N5.C44H28N6/c1-4-13-30(14-5-1)38-29-39(31-15-6-2-7-16-31)48-45(47-38)50-42-25-23-33(28-37(42)44-43(50)21-12-26-46-44)32-22-24-41-36(27-32)35-19-10-11-20-40(35)49(41)34-17-8-3-9-18-34;1-4-13-30(14-5-1)38-29-43(48-45(47-38)31-15-6-2-7-16-31)50-41-25-23-33(28-37(41)44-42(50)21-12-26-46-44)32-22-24-40-36(27-32)35-19-10-11-20-39(35)49(40)34-17-8-3-9-18-34;1-4-13-29(14-5-1)42-46-43(30-15-6-2-7-16-30)48-44(47-42)50-39-25-23-32(28-36(39)41-40(50)21-12-26-45-41)31-22-24-38-35(27-31)34-19-10-11-20-37(34)49(38)33-17-8-3-9-18-33/h2*1-29H;1-28H. The Hall–Kier alpha value is -20.6. The molecule has 12 aromatic heterocycles. The fraction of sp³-hybridized carbons (Fsp3) is 0. The smallest absolute Gasteiger partial charge is 0.238 e. The van der Waals surface area contributed by atoms with Crippen molar-refractivity contribution in [3.05, 3.63) is 522 Å². The van der Waals surface area contributed by atoms with Crippen LogP contribution in [-0.2, 0) is 0 Å². The summed E-state index contributed by atoms with van der Waals surface area (Å²) in [5, 5.41) is 10.5. The minimum absolute atomic E-state index is 0.550. The Morgan fingerprint density at radius 1 is 0.133 bits per heavy atom. The van der Waals surface area contributed by atoms with Gasteiger partial charge in [-0.3, -0.25) is 28.7 Å². The summed E-state index contributed by atoms with van der Waals surface area (Å²) in [4.78, 5) is 50.2. The fourth-order valence-corrected chi connectivity index (χ4v) is 21.7. The van der Waals surface area contributed by atoms with Gasteiger partial charge in [-0.25, -0.2) is 24.9 Å². The highest BCUT2D eigenvalue weighted by Gasteiger charge is 2.27. The van der Waals surface area contributed by atoms with Gasteiger partial charge in [-0.2, -0.15) is 9.97 Å². The van der Waals surface area contributed by atoms with Crippen LogP contribution in [0.2, 0.25) is 0 Å². The van der Waals surface area contributed by atoms with Gasteiger partial charge in [-0.05, 0) is 203 Å². The Labute approximate surface area is 860 Å². The SMILES string of the molecule is c1ccc(-c2cc(-c3ccccc3)nc(-n3c4ccc(-c5ccc6c(c5)c5ccccc5n6-c5ccccc5)cc4c4ncccc43)n2)cc1.c1ccc(-c2cc(-n3c4ccc(-c5ccc6c(c5)c5ccccc5n6-c5ccccc5)cc4c4ncccc43)nc(-c3ccccc3)n2)cc1.c1ccc(-c2nc(-c3ccccc3)nc(-n3c4ccc(-c5ccc6c(c5)c5ccccc5n6-c5ccccc5)cc4c4ncccc43)n2)cc1. The molecular formula is C134H86N16. The van der Waals surface area contributed by atoms with Crippen molar-refractivity contribution in [2.24, 2.45) is 0 Å². The number of fused-ring (bicyclic) bond motifs is 18. The van der Waals surface area contributed by atoms with Crippen LogP contribution in [0.4, 0.5) is 0 Å². The van der Waals surface area contributed by atoms with Gasteiger partial charge in [0, 0.05) is 124 Å². The molecule has 0 saturated heterocycles. The number of para-hydroxylation sites is 6. The van der Waals surface area contributed by atoms with Crippen LogP contribution in [-0.4, -0.2) is 77.2 Å². The molecule has 0 saturated carbocycles. The highest BCUT2D eigenvalue weighted by molar-refractivity contribution is 6.16. The maximum Gasteiger partial charge on any atom is 0.238 e. The van der Waals surface area contributed by atoms with Crippen LogP contribution in [0.3, 0.4) is 0 Å². The van der Waals surface area contributed by atoms with E-state index in [0.29, 0.717) is 29.4 Å². The minimum Gasteiger partial charge on any atom is -0.309 e. The minimum atomic E-state index is 0.550. The van der Waals surface area contributed by atoms with Crippen LogP contribution in [0.15, 0.2) is 522 Å². The number of nitrogens with zero attached hydrogens (tertiary/aromatic N) is 16. The number of pyridine rings is 3. The first kappa shape index (κ1) is 87.2. The number of rotatable bonds is 15. The summed E-state index contributed by atoms with van der Waals surface area (Å²) in [7, 11) is 0. The summed E-state index contributed by atoms with van der Waals surface area (Å²) in [6.45, 7) is 0. The molecule has 16 nitrogen and oxygen atoms in total. The van der Waals surface area contributed by atoms with Crippen LogP contribution in [0.1, 0.15) is 0 Å². The van der Waals surface area contributed by atoms with Crippen molar-refractivity contribution < 1.29 is 0 Å². The topological polar surface area (TPSA) is 158 Å². The van der Waals surface area contributed by atoms with Gasteiger partial charge in [0.25, 0.3) is 0 Å². The molecule has 0 fully saturated rings. The summed E-state index contributed by atoms with van der Waals surface area (Å²) >= 11 is 0. The first-order valence-corrected chi connectivity index (χ1v) is 50.2. The van der Waals surface area contributed by atoms with Crippen LogP contribution in [0.5, 0.6) is 0 Å². The molecule has 0 radical (unpaired) electrons. The zero-order chi connectivity index (χ0) is 99.1. The molecule has 0 N–H and O–H groups in total. The van der Waals surface area contributed by atoms with Crippen molar-refractivity contribution in [1.29, 1.82) is 0 Å². The van der Waals surface area contributed by atoms with E-state index < -0.39 is 0 Å². The highest BCUT2D eigenvalue weighted by Crippen LogP contribution is 2.45. The monoisotopic (exact) mass is 1920 g/mol. The van der Waals surface area contributed by atoms with Crippen LogP contribution >= 0.6 is 0 Å². The molecule has 0 amide bonds. The lowest BCUT2D eigenvalue weighted by Gasteiger charge is -2.12. The number of benzene rings is 18. The van der Waals surface area contributed by atoms with Gasteiger partial charge in [0.05, 0.1) is 99.8 Å². The van der Waals surface area contributed by atoms with Gasteiger partial charge in [-0.15, -0.1) is 0 Å². The normalized spacial score (nSPS) is 11.6. The Kier molecular flexibility index (Phi) is 21.5. The van der Waals surface area contributed by atoms with Crippen LogP contribution in [0, 0.1) is 0 Å². The quantitative estimate of drug-likeness (QED) is 0.0967. The van der Waals surface area contributed by atoms with E-state index in [9.17, 15) is 0 Å². The predicted molar refractivity (Wildman–Crippen MR) is 612 cm³/mol. The van der Waals surface area contributed by atoms with Gasteiger partial charge in [0.15, 0.2) is 17.5 Å². The van der Waals surface area contributed by atoms with E-state index in [0.717, 1.165) is 173 Å². The van der Waals surface area contributed by atoms with E-state index in [-0.39, 0.29) is 0 Å². The number of hydrogen-bond acceptors (Lipinski definition) is 10. The molecule has 0 spiro atoms. The van der Waals surface area contributed by atoms with Gasteiger partial charge in [-0.1, -0.05) is 328 Å². The van der Waals surface area contributed by atoms with E-state index in [2.05, 4.69) is 379 Å². The van der Waals surface area contributed by atoms with E-state index >= 15 is 0 Å². The molecule has 0 aliphatic carbocycles. The molecule has 702 valence electrons. The van der Waals surface area contributed by atoms with E-state index in [1.165, 1.54) is 65.4 Å². The van der Waals surface area contributed by atoms with Crippen molar-refractivity contribution >= 4 is 131 Å². The number of hydrogen-bond donors (Lipinski definition) is 0. The third-order valence-corrected chi connectivity index (χ3v) is 28.6. The van der Waals surface area contributed by atoms with Crippen LogP contribution in [0.25, 0.3) is 267 Å². The Balaban J connectivity index is 0.000000108. The second kappa shape index (κ2) is 37.0. The Morgan fingerprint density at radius 2 is 0.373 bits per heavy atom. The average Bonchev–Trinajstić information content (AvgIpc) is 1.58. The molecule has 0 aliphatic heterocycles. The van der Waals surface area contributed by atoms with Crippen molar-refractivity contribution in [2.75, 3.05) is 0 Å². The van der Waals surface area contributed by atoms with Crippen LogP contribution < -0.4 is 0 Å². The molecule has 0 aliphatic rings. The largest absolute Gasteiger partial charge is 0.309 e. The molecule has 150 heavy (non-hydrogen) atoms. The maximum atomic E-state index is 5.16. The van der Waals surface area contributed by atoms with Gasteiger partial charge in [0.1, 0.15) is 5.82 Å². The summed E-state index contributed by atoms with van der Waals surface area (Å²) in [6, 6.07) is 176. The summed E-state index contributed by atoms with van der Waals surface area (Å²) in [5.74, 6) is 3.88. The van der Waals surface area contributed by atoms with E-state index in [4.69, 9.17) is 49.8 Å².